The Morgan fingerprint density at radius 2 is 1.63 bits per heavy atom. The van der Waals surface area contributed by atoms with Gasteiger partial charge in [-0.3, -0.25) is 11.3 Å². The van der Waals surface area contributed by atoms with Crippen molar-refractivity contribution >= 4 is 0 Å². The van der Waals surface area contributed by atoms with Crippen LogP contribution in [-0.2, 0) is 5.41 Å². The van der Waals surface area contributed by atoms with Crippen LogP contribution in [0.15, 0.2) is 24.3 Å². The third kappa shape index (κ3) is 5.20. The van der Waals surface area contributed by atoms with E-state index in [1.165, 1.54) is 0 Å². The molecule has 0 radical (unpaired) electrons. The SMILES string of the molecule is CC(C)(C)c1ccc(C(CCC(F)(F)F)NN)cc1. The first-order valence-electron chi connectivity index (χ1n) is 6.27. The highest BCUT2D eigenvalue weighted by atomic mass is 19.4. The van der Waals surface area contributed by atoms with Crippen molar-refractivity contribution in [3.05, 3.63) is 35.4 Å². The second kappa shape index (κ2) is 5.92. The highest BCUT2D eigenvalue weighted by Gasteiger charge is 2.28. The van der Waals surface area contributed by atoms with E-state index in [4.69, 9.17) is 5.84 Å². The van der Waals surface area contributed by atoms with Gasteiger partial charge in [0.2, 0.25) is 0 Å². The fraction of sp³-hybridized carbons (Fsp3) is 0.571. The summed E-state index contributed by atoms with van der Waals surface area (Å²) >= 11 is 0. The maximum atomic E-state index is 12.2. The minimum atomic E-state index is -4.15. The van der Waals surface area contributed by atoms with E-state index in [9.17, 15) is 13.2 Å². The van der Waals surface area contributed by atoms with Gasteiger partial charge in [0.25, 0.3) is 0 Å². The van der Waals surface area contributed by atoms with Crippen LogP contribution in [0.3, 0.4) is 0 Å². The number of nitrogens with two attached hydrogens (primary N) is 1. The molecule has 0 aromatic heterocycles. The molecule has 0 aliphatic rings. The molecule has 0 heterocycles. The Bertz CT molecular complexity index is 391. The summed E-state index contributed by atoms with van der Waals surface area (Å²) < 4.78 is 36.7. The van der Waals surface area contributed by atoms with E-state index in [-0.39, 0.29) is 11.8 Å². The molecule has 1 rings (SSSR count). The number of hydrogen-bond acceptors (Lipinski definition) is 2. The van der Waals surface area contributed by atoms with Gasteiger partial charge in [0.15, 0.2) is 0 Å². The topological polar surface area (TPSA) is 38.0 Å². The first-order valence-corrected chi connectivity index (χ1v) is 6.27. The quantitative estimate of drug-likeness (QED) is 0.647. The molecule has 0 amide bonds. The zero-order chi connectivity index (χ0) is 14.7. The van der Waals surface area contributed by atoms with E-state index < -0.39 is 18.6 Å². The van der Waals surface area contributed by atoms with E-state index in [1.807, 2.05) is 24.3 Å². The van der Waals surface area contributed by atoms with Crippen LogP contribution < -0.4 is 11.3 Å². The molecule has 1 atom stereocenters. The molecule has 2 nitrogen and oxygen atoms in total. The second-order valence-electron chi connectivity index (χ2n) is 5.75. The third-order valence-electron chi connectivity index (χ3n) is 3.10. The molecule has 0 fully saturated rings. The number of rotatable bonds is 4. The number of nitrogens with one attached hydrogen (secondary N) is 1. The normalized spacial score (nSPS) is 14.5. The minimum Gasteiger partial charge on any atom is -0.271 e. The Morgan fingerprint density at radius 3 is 2.00 bits per heavy atom. The molecule has 3 N–H and O–H groups in total. The van der Waals surface area contributed by atoms with E-state index in [1.54, 1.807) is 0 Å². The van der Waals surface area contributed by atoms with Gasteiger partial charge in [-0.2, -0.15) is 13.2 Å². The summed E-state index contributed by atoms with van der Waals surface area (Å²) in [6.07, 6.45) is -5.06. The molecule has 0 saturated carbocycles. The van der Waals surface area contributed by atoms with Gasteiger partial charge in [0, 0.05) is 12.5 Å². The average Bonchev–Trinajstić information content (AvgIpc) is 2.28. The van der Waals surface area contributed by atoms with Crippen LogP contribution in [0.4, 0.5) is 13.2 Å². The van der Waals surface area contributed by atoms with Crippen LogP contribution in [-0.4, -0.2) is 6.18 Å². The van der Waals surface area contributed by atoms with Gasteiger partial charge in [-0.05, 0) is 23.0 Å². The molecule has 1 aromatic rings. The van der Waals surface area contributed by atoms with E-state index in [0.717, 1.165) is 11.1 Å². The van der Waals surface area contributed by atoms with Gasteiger partial charge in [-0.15, -0.1) is 0 Å². The highest BCUT2D eigenvalue weighted by Crippen LogP contribution is 2.29. The van der Waals surface area contributed by atoms with Gasteiger partial charge in [0.05, 0.1) is 0 Å². The molecular formula is C14H21F3N2. The van der Waals surface area contributed by atoms with Crippen molar-refractivity contribution in [2.75, 3.05) is 0 Å². The minimum absolute atomic E-state index is 0.0239. The fourth-order valence-electron chi connectivity index (χ4n) is 1.87. The molecule has 0 spiro atoms. The van der Waals surface area contributed by atoms with Gasteiger partial charge in [-0.1, -0.05) is 45.0 Å². The Morgan fingerprint density at radius 1 is 1.11 bits per heavy atom. The average molecular weight is 274 g/mol. The lowest BCUT2D eigenvalue weighted by atomic mass is 9.86. The Kier molecular flexibility index (Phi) is 4.98. The molecule has 0 aliphatic carbocycles. The van der Waals surface area contributed by atoms with Crippen LogP contribution in [0, 0.1) is 0 Å². The summed E-state index contributed by atoms with van der Waals surface area (Å²) in [7, 11) is 0. The van der Waals surface area contributed by atoms with Crippen LogP contribution >= 0.6 is 0 Å². The maximum absolute atomic E-state index is 12.2. The lowest BCUT2D eigenvalue weighted by molar-refractivity contribution is -0.136. The van der Waals surface area contributed by atoms with E-state index >= 15 is 0 Å². The molecule has 19 heavy (non-hydrogen) atoms. The molecular weight excluding hydrogens is 253 g/mol. The van der Waals surface area contributed by atoms with Crippen LogP contribution in [0.1, 0.15) is 50.8 Å². The predicted molar refractivity (Wildman–Crippen MR) is 70.5 cm³/mol. The Hall–Kier alpha value is -1.07. The third-order valence-corrected chi connectivity index (χ3v) is 3.10. The number of halogens is 3. The molecule has 0 aliphatic heterocycles. The first-order chi connectivity index (χ1) is 8.63. The standard InChI is InChI=1S/C14H21F3N2/c1-13(2,3)11-6-4-10(5-7-11)12(19-18)8-9-14(15,16)17/h4-7,12,19H,8-9,18H2,1-3H3. The summed E-state index contributed by atoms with van der Waals surface area (Å²) in [5.74, 6) is 5.34. The zero-order valence-electron chi connectivity index (χ0n) is 11.5. The Labute approximate surface area is 112 Å². The van der Waals surface area contributed by atoms with Gasteiger partial charge in [0.1, 0.15) is 0 Å². The summed E-state index contributed by atoms with van der Waals surface area (Å²) in [6.45, 7) is 6.26. The molecule has 0 bridgehead atoms. The van der Waals surface area contributed by atoms with Gasteiger partial charge < -0.3 is 0 Å². The van der Waals surface area contributed by atoms with Gasteiger partial charge >= 0.3 is 6.18 Å². The van der Waals surface area contributed by atoms with Crippen molar-refractivity contribution in [1.82, 2.24) is 5.43 Å². The van der Waals surface area contributed by atoms with E-state index in [2.05, 4.69) is 26.2 Å². The van der Waals surface area contributed by atoms with Crippen molar-refractivity contribution in [2.24, 2.45) is 5.84 Å². The number of benzene rings is 1. The summed E-state index contributed by atoms with van der Waals surface area (Å²) in [5.41, 5.74) is 4.39. The van der Waals surface area contributed by atoms with Crippen LogP contribution in [0.2, 0.25) is 0 Å². The fourth-order valence-corrected chi connectivity index (χ4v) is 1.87. The summed E-state index contributed by atoms with van der Waals surface area (Å²) in [4.78, 5) is 0. The lowest BCUT2D eigenvalue weighted by Gasteiger charge is -2.21. The monoisotopic (exact) mass is 274 g/mol. The largest absolute Gasteiger partial charge is 0.389 e. The van der Waals surface area contributed by atoms with Gasteiger partial charge in [-0.25, -0.2) is 0 Å². The number of hydrogen-bond donors (Lipinski definition) is 2. The lowest BCUT2D eigenvalue weighted by Crippen LogP contribution is -2.29. The van der Waals surface area contributed by atoms with Crippen molar-refractivity contribution in [3.8, 4) is 0 Å². The molecule has 5 heteroatoms. The Balaban J connectivity index is 2.77. The number of alkyl halides is 3. The molecule has 108 valence electrons. The predicted octanol–water partition coefficient (Wildman–Crippen LogP) is 3.83. The van der Waals surface area contributed by atoms with Crippen molar-refractivity contribution < 1.29 is 13.2 Å². The van der Waals surface area contributed by atoms with Crippen molar-refractivity contribution in [2.45, 2.75) is 51.2 Å². The van der Waals surface area contributed by atoms with E-state index in [0.29, 0.717) is 0 Å². The highest BCUT2D eigenvalue weighted by molar-refractivity contribution is 5.29. The molecule has 1 aromatic carbocycles. The smallest absolute Gasteiger partial charge is 0.271 e. The molecule has 0 saturated heterocycles. The number of hydrazine groups is 1. The maximum Gasteiger partial charge on any atom is 0.389 e. The first kappa shape index (κ1) is 16.0. The van der Waals surface area contributed by atoms with Crippen molar-refractivity contribution in [1.29, 1.82) is 0 Å². The van der Waals surface area contributed by atoms with Crippen LogP contribution in [0.25, 0.3) is 0 Å². The molecule has 1 unspecified atom stereocenters. The summed E-state index contributed by atoms with van der Waals surface area (Å²) in [5, 5.41) is 0. The summed E-state index contributed by atoms with van der Waals surface area (Å²) in [6, 6.07) is 7.07. The van der Waals surface area contributed by atoms with Crippen molar-refractivity contribution in [3.63, 3.8) is 0 Å². The zero-order valence-corrected chi connectivity index (χ0v) is 11.5. The second-order valence-corrected chi connectivity index (χ2v) is 5.75. The van der Waals surface area contributed by atoms with Crippen LogP contribution in [0.5, 0.6) is 0 Å².